The Kier molecular flexibility index (Phi) is 4.41. The highest BCUT2D eigenvalue weighted by molar-refractivity contribution is 5.83. The molecule has 9 heteroatoms. The van der Waals surface area contributed by atoms with Crippen LogP contribution in [0.5, 0.6) is 0 Å². The molecule has 1 saturated heterocycles. The third-order valence-corrected chi connectivity index (χ3v) is 5.58. The van der Waals surface area contributed by atoms with Gasteiger partial charge in [-0.25, -0.2) is 14.5 Å². The molecule has 5 heterocycles. The van der Waals surface area contributed by atoms with Gasteiger partial charge in [0.15, 0.2) is 0 Å². The largest absolute Gasteiger partial charge is 0.356 e. The number of hydrogen-bond acceptors (Lipinski definition) is 7. The van der Waals surface area contributed by atoms with Crippen molar-refractivity contribution in [1.82, 2.24) is 29.4 Å². The van der Waals surface area contributed by atoms with Crippen LogP contribution < -0.4 is 10.6 Å². The van der Waals surface area contributed by atoms with Gasteiger partial charge in [0.25, 0.3) is 0 Å². The number of hydrogen-bond donors (Lipinski definition) is 1. The molecular formula is C21H21N9. The molecule has 4 aromatic rings. The van der Waals surface area contributed by atoms with Crippen LogP contribution in [-0.2, 0) is 7.05 Å². The van der Waals surface area contributed by atoms with E-state index in [1.165, 1.54) is 0 Å². The van der Waals surface area contributed by atoms with Gasteiger partial charge < -0.3 is 10.6 Å². The Morgan fingerprint density at radius 2 is 2.07 bits per heavy atom. The number of rotatable bonds is 4. The van der Waals surface area contributed by atoms with Gasteiger partial charge in [-0.05, 0) is 31.0 Å². The van der Waals surface area contributed by atoms with Crippen LogP contribution in [0.1, 0.15) is 12.0 Å². The number of aromatic nitrogens is 6. The van der Waals surface area contributed by atoms with Crippen LogP contribution in [0.25, 0.3) is 28.0 Å². The average molecular weight is 399 g/mol. The van der Waals surface area contributed by atoms with Gasteiger partial charge in [-0.2, -0.15) is 15.5 Å². The molecule has 9 nitrogen and oxygen atoms in total. The zero-order valence-corrected chi connectivity index (χ0v) is 16.6. The molecule has 4 aromatic heterocycles. The van der Waals surface area contributed by atoms with Crippen LogP contribution in [0.3, 0.4) is 0 Å². The third-order valence-electron chi connectivity index (χ3n) is 5.58. The summed E-state index contributed by atoms with van der Waals surface area (Å²) in [7, 11) is 1.86. The van der Waals surface area contributed by atoms with Gasteiger partial charge in [-0.1, -0.05) is 0 Å². The number of nitrogens with two attached hydrogens (primary N) is 1. The molecular weight excluding hydrogens is 378 g/mol. The number of anilines is 1. The van der Waals surface area contributed by atoms with E-state index in [1.807, 2.05) is 37.8 Å². The van der Waals surface area contributed by atoms with E-state index in [0.717, 1.165) is 42.1 Å². The predicted octanol–water partition coefficient (Wildman–Crippen LogP) is 1.85. The maximum absolute atomic E-state index is 9.54. The molecule has 0 aliphatic carbocycles. The number of pyridine rings is 1. The lowest BCUT2D eigenvalue weighted by Gasteiger charge is -2.17. The lowest BCUT2D eigenvalue weighted by molar-refractivity contribution is 0.602. The Morgan fingerprint density at radius 3 is 2.73 bits per heavy atom. The Labute approximate surface area is 173 Å². The molecule has 0 saturated carbocycles. The van der Waals surface area contributed by atoms with E-state index in [0.29, 0.717) is 29.2 Å². The maximum Gasteiger partial charge on any atom is 0.128 e. The average Bonchev–Trinajstić information content (AvgIpc) is 3.52. The molecule has 150 valence electrons. The quantitative estimate of drug-likeness (QED) is 0.557. The topological polar surface area (TPSA) is 114 Å². The van der Waals surface area contributed by atoms with Crippen molar-refractivity contribution in [3.63, 3.8) is 0 Å². The van der Waals surface area contributed by atoms with Gasteiger partial charge in [0.05, 0.1) is 30.0 Å². The van der Waals surface area contributed by atoms with Crippen molar-refractivity contribution in [1.29, 1.82) is 5.26 Å². The normalized spacial score (nSPS) is 16.3. The minimum absolute atomic E-state index is 0.477. The van der Waals surface area contributed by atoms with Crippen molar-refractivity contribution in [2.45, 2.75) is 6.42 Å². The van der Waals surface area contributed by atoms with Gasteiger partial charge in [-0.3, -0.25) is 4.68 Å². The smallest absolute Gasteiger partial charge is 0.128 e. The second-order valence-corrected chi connectivity index (χ2v) is 7.58. The van der Waals surface area contributed by atoms with Crippen LogP contribution in [0.4, 0.5) is 5.82 Å². The summed E-state index contributed by atoms with van der Waals surface area (Å²) < 4.78 is 3.43. The number of nitrogens with zero attached hydrogens (tertiary/aromatic N) is 8. The predicted molar refractivity (Wildman–Crippen MR) is 113 cm³/mol. The Balaban J connectivity index is 1.59. The van der Waals surface area contributed by atoms with Crippen molar-refractivity contribution in [2.75, 3.05) is 24.5 Å². The molecule has 0 aromatic carbocycles. The fraction of sp³-hybridized carbons (Fsp3) is 0.286. The van der Waals surface area contributed by atoms with Gasteiger partial charge in [0, 0.05) is 43.7 Å². The van der Waals surface area contributed by atoms with Crippen molar-refractivity contribution < 1.29 is 0 Å². The molecule has 30 heavy (non-hydrogen) atoms. The van der Waals surface area contributed by atoms with Crippen molar-refractivity contribution >= 4 is 11.3 Å². The Bertz CT molecular complexity index is 1250. The van der Waals surface area contributed by atoms with E-state index in [2.05, 4.69) is 26.2 Å². The molecule has 0 spiro atoms. The second-order valence-electron chi connectivity index (χ2n) is 7.58. The van der Waals surface area contributed by atoms with Gasteiger partial charge >= 0.3 is 0 Å². The maximum atomic E-state index is 9.54. The van der Waals surface area contributed by atoms with E-state index in [9.17, 15) is 5.26 Å². The Hall–Kier alpha value is -3.77. The molecule has 0 radical (unpaired) electrons. The van der Waals surface area contributed by atoms with Crippen molar-refractivity contribution in [3.8, 4) is 28.6 Å². The lowest BCUT2D eigenvalue weighted by atomic mass is 10.1. The summed E-state index contributed by atoms with van der Waals surface area (Å²) in [6.45, 7) is 2.60. The monoisotopic (exact) mass is 399 g/mol. The highest BCUT2D eigenvalue weighted by Gasteiger charge is 2.22. The van der Waals surface area contributed by atoms with Crippen molar-refractivity contribution in [3.05, 3.63) is 48.7 Å². The first-order valence-electron chi connectivity index (χ1n) is 9.85. The fourth-order valence-electron chi connectivity index (χ4n) is 3.94. The molecule has 1 atom stereocenters. The summed E-state index contributed by atoms with van der Waals surface area (Å²) in [5, 5.41) is 18.1. The van der Waals surface area contributed by atoms with Crippen molar-refractivity contribution in [2.24, 2.45) is 18.7 Å². The number of nitriles is 1. The summed E-state index contributed by atoms with van der Waals surface area (Å²) in [6, 6.07) is 6.22. The first kappa shape index (κ1) is 18.3. The van der Waals surface area contributed by atoms with Gasteiger partial charge in [0.2, 0.25) is 0 Å². The van der Waals surface area contributed by atoms with Crippen LogP contribution in [0, 0.1) is 17.2 Å². The standard InChI is InChI=1S/C21H21N9/c1-28-12-17(10-25-28)18-13-30-21(16(7-23)9-26-30)20(27-18)15-2-3-19(24-8-15)29-5-4-14(6-22)11-29/h2-3,8-10,12-14H,4-6,11,22H2,1H3/t14-/m0/s1. The summed E-state index contributed by atoms with van der Waals surface area (Å²) >= 11 is 0. The van der Waals surface area contributed by atoms with Crippen LogP contribution >= 0.6 is 0 Å². The molecule has 0 bridgehead atoms. The number of aryl methyl sites for hydroxylation is 1. The first-order valence-corrected chi connectivity index (χ1v) is 9.85. The van der Waals surface area contributed by atoms with Crippen LogP contribution in [0.2, 0.25) is 0 Å². The Morgan fingerprint density at radius 1 is 1.17 bits per heavy atom. The summed E-state index contributed by atoms with van der Waals surface area (Å²) in [4.78, 5) is 11.8. The molecule has 1 aliphatic rings. The first-order chi connectivity index (χ1) is 14.7. The van der Waals surface area contributed by atoms with Gasteiger partial charge in [0.1, 0.15) is 23.0 Å². The second kappa shape index (κ2) is 7.24. The molecule has 0 unspecified atom stereocenters. The summed E-state index contributed by atoms with van der Waals surface area (Å²) in [5.74, 6) is 1.46. The third kappa shape index (κ3) is 3.07. The van der Waals surface area contributed by atoms with E-state index < -0.39 is 0 Å². The fourth-order valence-corrected chi connectivity index (χ4v) is 3.94. The lowest BCUT2D eigenvalue weighted by Crippen LogP contribution is -2.23. The summed E-state index contributed by atoms with van der Waals surface area (Å²) in [6.07, 6.45) is 9.94. The van der Waals surface area contributed by atoms with Gasteiger partial charge in [-0.15, -0.1) is 0 Å². The van der Waals surface area contributed by atoms with Crippen LogP contribution in [0.15, 0.2) is 43.1 Å². The highest BCUT2D eigenvalue weighted by atomic mass is 15.2. The van der Waals surface area contributed by atoms with E-state index >= 15 is 0 Å². The van der Waals surface area contributed by atoms with E-state index in [1.54, 1.807) is 21.6 Å². The zero-order chi connectivity index (χ0) is 20.7. The molecule has 1 fully saturated rings. The molecule has 2 N–H and O–H groups in total. The summed E-state index contributed by atoms with van der Waals surface area (Å²) in [5.41, 5.74) is 10.1. The SMILES string of the molecule is Cn1cc(-c2cn3ncc(C#N)c3c(-c3ccc(N4CC[C@@H](CN)C4)nc3)n2)cn1. The number of fused-ring (bicyclic) bond motifs is 1. The van der Waals surface area contributed by atoms with Crippen LogP contribution in [-0.4, -0.2) is 49.0 Å². The van der Waals surface area contributed by atoms with E-state index in [4.69, 9.17) is 10.7 Å². The van der Waals surface area contributed by atoms with E-state index in [-0.39, 0.29) is 0 Å². The molecule has 1 aliphatic heterocycles. The minimum Gasteiger partial charge on any atom is -0.356 e. The molecule has 0 amide bonds. The minimum atomic E-state index is 0.477. The zero-order valence-electron chi connectivity index (χ0n) is 16.6. The highest BCUT2D eigenvalue weighted by Crippen LogP contribution is 2.30. The molecule has 5 rings (SSSR count).